The number of hydrogen-bond donors (Lipinski definition) is 1. The quantitative estimate of drug-likeness (QED) is 0.264. The number of hydrogen-bond acceptors (Lipinski definition) is 5. The fourth-order valence-electron chi connectivity index (χ4n) is 7.41. The van der Waals surface area contributed by atoms with Crippen LogP contribution in [-0.4, -0.2) is 40.4 Å². The first-order chi connectivity index (χ1) is 17.1. The molecule has 212 valence electrons. The molecule has 1 aliphatic rings. The van der Waals surface area contributed by atoms with Crippen molar-refractivity contribution in [3.8, 4) is 0 Å². The minimum atomic E-state index is -2.14. The monoisotopic (exact) mass is 548 g/mol. The Hall–Kier alpha value is -1.16. The van der Waals surface area contributed by atoms with E-state index in [0.29, 0.717) is 45.5 Å². The largest absolute Gasteiger partial charge is 0.485 e. The van der Waals surface area contributed by atoms with Crippen LogP contribution in [-0.2, 0) is 13.6 Å². The highest BCUT2D eigenvalue weighted by Crippen LogP contribution is 2.47. The first-order valence-corrected chi connectivity index (χ1v) is 18.8. The maximum atomic E-state index is 7.41. The van der Waals surface area contributed by atoms with Gasteiger partial charge < -0.3 is 19.3 Å². The zero-order chi connectivity index (χ0) is 28.3. The van der Waals surface area contributed by atoms with Crippen molar-refractivity contribution in [2.24, 2.45) is 5.92 Å². The zero-order valence-electron chi connectivity index (χ0n) is 26.0. The third-order valence-electron chi connectivity index (χ3n) is 8.95. The molecule has 0 fully saturated rings. The standard InChI is InChI=1S/C30H56N2O3Si2/c1-19(2)36(20(3)4,21(5)6)33-18-29-30(35-37(22(7)8,23(9)10)24(11)12)25(13)16-28(34-29)26-14-15-32-17-27(26)31/h14-17,19-25,29-30H,18,31H2,1-13H3/t25-,29-,30+/m1/s1. The summed E-state index contributed by atoms with van der Waals surface area (Å²) < 4.78 is 21.3. The molecule has 37 heavy (non-hydrogen) atoms. The van der Waals surface area contributed by atoms with Gasteiger partial charge in [-0.05, 0) is 45.4 Å². The summed E-state index contributed by atoms with van der Waals surface area (Å²) in [5, 5.41) is 0. The Morgan fingerprint density at radius 1 is 0.838 bits per heavy atom. The number of nitrogen functional groups attached to an aromatic ring is 1. The average molecular weight is 549 g/mol. The van der Waals surface area contributed by atoms with Gasteiger partial charge in [0, 0.05) is 17.7 Å². The molecule has 0 bridgehead atoms. The van der Waals surface area contributed by atoms with Gasteiger partial charge in [-0.15, -0.1) is 0 Å². The minimum absolute atomic E-state index is 0.0659. The molecule has 0 aromatic carbocycles. The van der Waals surface area contributed by atoms with Crippen LogP contribution in [0.25, 0.3) is 5.76 Å². The van der Waals surface area contributed by atoms with Crippen LogP contribution in [0.4, 0.5) is 5.69 Å². The van der Waals surface area contributed by atoms with E-state index in [-0.39, 0.29) is 18.1 Å². The zero-order valence-corrected chi connectivity index (χ0v) is 28.0. The molecule has 2 heterocycles. The molecule has 0 spiro atoms. The minimum Gasteiger partial charge on any atom is -0.485 e. The van der Waals surface area contributed by atoms with Gasteiger partial charge in [0.25, 0.3) is 0 Å². The summed E-state index contributed by atoms with van der Waals surface area (Å²) in [6.07, 6.45) is 5.40. The van der Waals surface area contributed by atoms with Crippen LogP contribution in [0.2, 0.25) is 33.2 Å². The highest BCUT2D eigenvalue weighted by molar-refractivity contribution is 6.78. The number of ether oxygens (including phenoxy) is 1. The maximum Gasteiger partial charge on any atom is 0.200 e. The molecule has 0 saturated heterocycles. The summed E-state index contributed by atoms with van der Waals surface area (Å²) >= 11 is 0. The molecule has 7 heteroatoms. The summed E-state index contributed by atoms with van der Waals surface area (Å²) in [6.45, 7) is 30.9. The summed E-state index contributed by atoms with van der Waals surface area (Å²) in [5.41, 5.74) is 10.9. The van der Waals surface area contributed by atoms with Crippen molar-refractivity contribution < 1.29 is 13.6 Å². The van der Waals surface area contributed by atoms with Gasteiger partial charge in [-0.2, -0.15) is 0 Å². The van der Waals surface area contributed by atoms with E-state index < -0.39 is 16.6 Å². The van der Waals surface area contributed by atoms with E-state index in [1.165, 1.54) is 0 Å². The molecule has 0 aliphatic carbocycles. The normalized spacial score (nSPS) is 21.5. The molecule has 1 aromatic rings. The lowest BCUT2D eigenvalue weighted by Crippen LogP contribution is -2.57. The topological polar surface area (TPSA) is 66.6 Å². The molecule has 2 N–H and O–H groups in total. The fourth-order valence-corrected chi connectivity index (χ4v) is 18.5. The van der Waals surface area contributed by atoms with Gasteiger partial charge in [0.15, 0.2) is 0 Å². The molecule has 0 saturated carbocycles. The van der Waals surface area contributed by atoms with E-state index in [1.54, 1.807) is 12.4 Å². The van der Waals surface area contributed by atoms with Gasteiger partial charge in [0.2, 0.25) is 16.6 Å². The second kappa shape index (κ2) is 12.8. The van der Waals surface area contributed by atoms with Gasteiger partial charge in [0.1, 0.15) is 11.9 Å². The van der Waals surface area contributed by atoms with E-state index >= 15 is 0 Å². The van der Waals surface area contributed by atoms with Crippen molar-refractivity contribution >= 4 is 28.1 Å². The van der Waals surface area contributed by atoms with Gasteiger partial charge >= 0.3 is 0 Å². The second-order valence-corrected chi connectivity index (χ2v) is 23.9. The molecule has 1 aromatic heterocycles. The van der Waals surface area contributed by atoms with Crippen LogP contribution in [0.5, 0.6) is 0 Å². The molecule has 3 atom stereocenters. The third kappa shape index (κ3) is 6.37. The number of pyridine rings is 1. The molecule has 5 nitrogen and oxygen atoms in total. The van der Waals surface area contributed by atoms with Crippen molar-refractivity contribution in [1.82, 2.24) is 4.98 Å². The summed E-state index contributed by atoms with van der Waals surface area (Å²) in [7, 11) is -4.22. The molecule has 0 amide bonds. The van der Waals surface area contributed by atoms with Crippen molar-refractivity contribution in [1.29, 1.82) is 0 Å². The van der Waals surface area contributed by atoms with Crippen molar-refractivity contribution in [2.45, 2.75) is 135 Å². The number of aromatic nitrogens is 1. The van der Waals surface area contributed by atoms with E-state index in [4.69, 9.17) is 19.3 Å². The highest BCUT2D eigenvalue weighted by Gasteiger charge is 2.51. The van der Waals surface area contributed by atoms with Gasteiger partial charge in [-0.3, -0.25) is 4.98 Å². The van der Waals surface area contributed by atoms with E-state index in [0.717, 1.165) is 11.3 Å². The van der Waals surface area contributed by atoms with Crippen LogP contribution in [0.15, 0.2) is 24.5 Å². The molecule has 2 rings (SSSR count). The first-order valence-electron chi connectivity index (χ1n) is 14.5. The van der Waals surface area contributed by atoms with Gasteiger partial charge in [-0.1, -0.05) is 90.0 Å². The number of nitrogens with zero attached hydrogens (tertiary/aromatic N) is 1. The van der Waals surface area contributed by atoms with Crippen LogP contribution >= 0.6 is 0 Å². The SMILES string of the molecule is CC(C)[Si](OC[C@H]1OC(c2ccncc2N)=C[C@@H](C)[C@@H]1O[Si](C(C)C)(C(C)C)C(C)C)(C(C)C)C(C)C. The third-order valence-corrected chi connectivity index (χ3v) is 21.1. The molecule has 0 unspecified atom stereocenters. The Kier molecular flexibility index (Phi) is 11.1. The molecular formula is C30H56N2O3Si2. The van der Waals surface area contributed by atoms with E-state index in [9.17, 15) is 0 Å². The average Bonchev–Trinajstić information content (AvgIpc) is 2.77. The maximum absolute atomic E-state index is 7.41. The molecular weight excluding hydrogens is 493 g/mol. The Labute approximate surface area is 230 Å². The van der Waals surface area contributed by atoms with E-state index in [1.807, 2.05) is 6.07 Å². The van der Waals surface area contributed by atoms with Crippen LogP contribution in [0.1, 0.15) is 95.6 Å². The van der Waals surface area contributed by atoms with Crippen molar-refractivity contribution in [3.05, 3.63) is 30.1 Å². The second-order valence-electron chi connectivity index (χ2n) is 13.0. The number of anilines is 1. The molecule has 0 radical (unpaired) electrons. The lowest BCUT2D eigenvalue weighted by Gasteiger charge is -2.49. The van der Waals surface area contributed by atoms with Crippen LogP contribution < -0.4 is 5.73 Å². The Bertz CT molecular complexity index is 855. The fraction of sp³-hybridized carbons (Fsp3) is 0.767. The smallest absolute Gasteiger partial charge is 0.200 e. The Morgan fingerprint density at radius 3 is 1.76 bits per heavy atom. The Balaban J connectivity index is 2.56. The van der Waals surface area contributed by atoms with E-state index in [2.05, 4.69) is 101 Å². The summed E-state index contributed by atoms with van der Waals surface area (Å²) in [4.78, 5) is 4.18. The number of nitrogens with two attached hydrogens (primary N) is 1. The predicted molar refractivity (Wildman–Crippen MR) is 164 cm³/mol. The van der Waals surface area contributed by atoms with Gasteiger partial charge in [0.05, 0.1) is 24.6 Å². The first kappa shape index (κ1) is 32.1. The van der Waals surface area contributed by atoms with Crippen LogP contribution in [0.3, 0.4) is 0 Å². The Morgan fingerprint density at radius 2 is 1.32 bits per heavy atom. The lowest BCUT2D eigenvalue weighted by atomic mass is 9.95. The lowest BCUT2D eigenvalue weighted by molar-refractivity contribution is -0.0331. The summed E-state index contributed by atoms with van der Waals surface area (Å²) in [5.74, 6) is 0.985. The van der Waals surface area contributed by atoms with Gasteiger partial charge in [-0.25, -0.2) is 0 Å². The number of rotatable bonds is 12. The predicted octanol–water partition coefficient (Wildman–Crippen LogP) is 8.79. The van der Waals surface area contributed by atoms with Crippen LogP contribution in [0, 0.1) is 5.92 Å². The van der Waals surface area contributed by atoms with Crippen molar-refractivity contribution in [2.75, 3.05) is 12.3 Å². The van der Waals surface area contributed by atoms with Crippen molar-refractivity contribution in [3.63, 3.8) is 0 Å². The summed E-state index contributed by atoms with van der Waals surface area (Å²) in [6, 6.07) is 1.94. The highest BCUT2D eigenvalue weighted by atomic mass is 28.4. The molecule has 1 aliphatic heterocycles.